The van der Waals surface area contributed by atoms with E-state index in [0.717, 1.165) is 11.3 Å². The fourth-order valence-electron chi connectivity index (χ4n) is 1.13. The lowest BCUT2D eigenvalue weighted by Gasteiger charge is -1.93. The van der Waals surface area contributed by atoms with Gasteiger partial charge >= 0.3 is 12.1 Å². The molecule has 2 aromatic rings. The molecule has 0 aliphatic heterocycles. The van der Waals surface area contributed by atoms with Crippen LogP contribution in [0.4, 0.5) is 18.9 Å². The molecule has 0 spiro atoms. The first-order valence-electron chi connectivity index (χ1n) is 5.17. The van der Waals surface area contributed by atoms with Crippen molar-refractivity contribution in [3.8, 4) is 0 Å². The molecule has 1 amide bonds. The van der Waals surface area contributed by atoms with Gasteiger partial charge in [-0.15, -0.1) is 11.3 Å². The Morgan fingerprint density at radius 1 is 1.36 bits per heavy atom. The van der Waals surface area contributed by atoms with E-state index >= 15 is 0 Å². The van der Waals surface area contributed by atoms with Crippen molar-refractivity contribution in [1.29, 1.82) is 0 Å². The van der Waals surface area contributed by atoms with Crippen molar-refractivity contribution in [2.24, 2.45) is 5.73 Å². The zero-order valence-corrected chi connectivity index (χ0v) is 11.1. The van der Waals surface area contributed by atoms with Crippen molar-refractivity contribution >= 4 is 39.1 Å². The van der Waals surface area contributed by atoms with Crippen molar-refractivity contribution in [3.05, 3.63) is 33.3 Å². The molecule has 0 radical (unpaired) electrons. The first kappa shape index (κ1) is 17.3. The quantitative estimate of drug-likeness (QED) is 0.634. The number of carbonyl (C=O) groups is 2. The second kappa shape index (κ2) is 6.34. The zero-order valence-electron chi connectivity index (χ0n) is 10.3. The highest BCUT2D eigenvalue weighted by molar-refractivity contribution is 7.20. The second-order valence-electron chi connectivity index (χ2n) is 3.60. The molecule has 0 atom stereocenters. The Hall–Kier alpha value is -2.76. The van der Waals surface area contributed by atoms with Crippen LogP contribution in [0.2, 0.25) is 0 Å². The van der Waals surface area contributed by atoms with E-state index in [1.54, 1.807) is 0 Å². The lowest BCUT2D eigenvalue weighted by Crippen LogP contribution is -2.21. The number of aromatic nitrogens is 1. The number of primary amides is 1. The molecule has 1 aromatic heterocycles. The Labute approximate surface area is 123 Å². The molecule has 0 fully saturated rings. The molecule has 0 aliphatic rings. The number of carboxylic acid groups (broad SMARTS) is 1. The van der Waals surface area contributed by atoms with Crippen molar-refractivity contribution in [1.82, 2.24) is 4.98 Å². The lowest BCUT2D eigenvalue weighted by molar-refractivity contribution is -0.384. The normalized spacial score (nSPS) is 10.7. The number of nitrogens with zero attached hydrogens (tertiary/aromatic N) is 2. The van der Waals surface area contributed by atoms with Gasteiger partial charge in [-0.1, -0.05) is 0 Å². The predicted octanol–water partition coefficient (Wildman–Crippen LogP) is 1.94. The summed E-state index contributed by atoms with van der Waals surface area (Å²) in [4.78, 5) is 33.6. The van der Waals surface area contributed by atoms with E-state index in [4.69, 9.17) is 15.6 Å². The standard InChI is InChI=1S/C8H5N3O3S.C2HF3O2/c9-7(12)8-10-5-2-1-4(11(13)14)3-6(5)15-8;3-2(4,5)1(6)7/h1-3H,(H2,9,12);(H,6,7). The molecule has 0 saturated heterocycles. The average molecular weight is 337 g/mol. The van der Waals surface area contributed by atoms with Gasteiger partial charge in [0.2, 0.25) is 0 Å². The molecule has 1 heterocycles. The molecule has 8 nitrogen and oxygen atoms in total. The van der Waals surface area contributed by atoms with E-state index in [0.29, 0.717) is 10.2 Å². The highest BCUT2D eigenvalue weighted by Gasteiger charge is 2.38. The monoisotopic (exact) mass is 337 g/mol. The summed E-state index contributed by atoms with van der Waals surface area (Å²) < 4.78 is 32.3. The summed E-state index contributed by atoms with van der Waals surface area (Å²) in [6.07, 6.45) is -5.08. The van der Waals surface area contributed by atoms with Crippen LogP contribution >= 0.6 is 11.3 Å². The lowest BCUT2D eigenvalue weighted by atomic mass is 10.3. The maximum Gasteiger partial charge on any atom is 0.490 e. The van der Waals surface area contributed by atoms with Crippen molar-refractivity contribution in [3.63, 3.8) is 0 Å². The molecule has 0 aliphatic carbocycles. The molecule has 2 rings (SSSR count). The van der Waals surface area contributed by atoms with Gasteiger partial charge in [-0.2, -0.15) is 13.2 Å². The number of nitro groups is 1. The third kappa shape index (κ3) is 4.37. The van der Waals surface area contributed by atoms with Gasteiger partial charge < -0.3 is 10.8 Å². The maximum absolute atomic E-state index is 10.8. The van der Waals surface area contributed by atoms with E-state index in [1.807, 2.05) is 0 Å². The van der Waals surface area contributed by atoms with E-state index in [-0.39, 0.29) is 10.7 Å². The van der Waals surface area contributed by atoms with Gasteiger partial charge in [0, 0.05) is 12.1 Å². The zero-order chi connectivity index (χ0) is 17.1. The summed E-state index contributed by atoms with van der Waals surface area (Å²) in [5.74, 6) is -3.38. The summed E-state index contributed by atoms with van der Waals surface area (Å²) in [6, 6.07) is 4.21. The van der Waals surface area contributed by atoms with Crippen LogP contribution in [-0.2, 0) is 4.79 Å². The first-order chi connectivity index (χ1) is 10.0. The maximum atomic E-state index is 10.8. The molecule has 0 saturated carbocycles. The number of fused-ring (bicyclic) bond motifs is 1. The molecule has 22 heavy (non-hydrogen) atoms. The van der Waals surface area contributed by atoms with Crippen molar-refractivity contribution in [2.45, 2.75) is 6.18 Å². The Morgan fingerprint density at radius 3 is 2.32 bits per heavy atom. The summed E-state index contributed by atoms with van der Waals surface area (Å²) in [6.45, 7) is 0. The number of benzene rings is 1. The Bertz CT molecular complexity index is 731. The van der Waals surface area contributed by atoms with E-state index < -0.39 is 23.0 Å². The minimum atomic E-state index is -5.08. The summed E-state index contributed by atoms with van der Waals surface area (Å²) in [7, 11) is 0. The minimum Gasteiger partial charge on any atom is -0.475 e. The van der Waals surface area contributed by atoms with Crippen LogP contribution in [0.3, 0.4) is 0 Å². The van der Waals surface area contributed by atoms with E-state index in [2.05, 4.69) is 4.98 Å². The van der Waals surface area contributed by atoms with Crippen molar-refractivity contribution in [2.75, 3.05) is 0 Å². The number of carboxylic acids is 1. The number of thiazole rings is 1. The van der Waals surface area contributed by atoms with Crippen LogP contribution < -0.4 is 5.73 Å². The number of aliphatic carboxylic acids is 1. The smallest absolute Gasteiger partial charge is 0.475 e. The van der Waals surface area contributed by atoms with Crippen LogP contribution in [0.25, 0.3) is 10.2 Å². The number of alkyl halides is 3. The number of hydrogen-bond donors (Lipinski definition) is 2. The SMILES string of the molecule is NC(=O)c1nc2ccc([N+](=O)[O-])cc2s1.O=C(O)C(F)(F)F. The van der Waals surface area contributed by atoms with Gasteiger partial charge in [0.1, 0.15) is 0 Å². The summed E-state index contributed by atoms with van der Waals surface area (Å²) in [5.41, 5.74) is 5.57. The largest absolute Gasteiger partial charge is 0.490 e. The molecule has 3 N–H and O–H groups in total. The van der Waals surface area contributed by atoms with E-state index in [1.165, 1.54) is 18.2 Å². The minimum absolute atomic E-state index is 0.0258. The number of hydrogen-bond acceptors (Lipinski definition) is 6. The Kier molecular flexibility index (Phi) is 4.98. The molecule has 118 valence electrons. The summed E-state index contributed by atoms with van der Waals surface area (Å²) in [5, 5.41) is 17.8. The van der Waals surface area contributed by atoms with E-state index in [9.17, 15) is 28.1 Å². The van der Waals surface area contributed by atoms with Crippen LogP contribution in [0.1, 0.15) is 9.80 Å². The van der Waals surface area contributed by atoms with Gasteiger partial charge in [-0.25, -0.2) is 9.78 Å². The predicted molar refractivity (Wildman–Crippen MR) is 68.5 cm³/mol. The average Bonchev–Trinajstić information content (AvgIpc) is 2.81. The fraction of sp³-hybridized carbons (Fsp3) is 0.100. The Morgan fingerprint density at radius 2 is 1.91 bits per heavy atom. The highest BCUT2D eigenvalue weighted by atomic mass is 32.1. The second-order valence-corrected chi connectivity index (χ2v) is 4.63. The van der Waals surface area contributed by atoms with Gasteiger partial charge in [0.05, 0.1) is 15.1 Å². The topological polar surface area (TPSA) is 136 Å². The highest BCUT2D eigenvalue weighted by Crippen LogP contribution is 2.25. The number of amides is 1. The number of halogens is 3. The Balaban J connectivity index is 0.000000295. The molecule has 1 aromatic carbocycles. The van der Waals surface area contributed by atoms with Crippen molar-refractivity contribution < 1.29 is 32.8 Å². The van der Waals surface area contributed by atoms with Gasteiger partial charge in [-0.3, -0.25) is 14.9 Å². The van der Waals surface area contributed by atoms with Crippen LogP contribution in [0.5, 0.6) is 0 Å². The molecule has 0 bridgehead atoms. The summed E-state index contributed by atoms with van der Waals surface area (Å²) >= 11 is 1.05. The third-order valence-corrected chi connectivity index (χ3v) is 3.07. The van der Waals surface area contributed by atoms with Gasteiger partial charge in [-0.05, 0) is 6.07 Å². The van der Waals surface area contributed by atoms with Crippen LogP contribution in [0.15, 0.2) is 18.2 Å². The number of carbonyl (C=O) groups excluding carboxylic acids is 1. The third-order valence-electron chi connectivity index (χ3n) is 2.04. The molecular formula is C10H6F3N3O5S. The molecule has 12 heteroatoms. The van der Waals surface area contributed by atoms with Gasteiger partial charge in [0.25, 0.3) is 11.6 Å². The number of nitro benzene ring substituents is 1. The molecule has 0 unspecified atom stereocenters. The fourth-order valence-corrected chi connectivity index (χ4v) is 1.98. The molecular weight excluding hydrogens is 331 g/mol. The first-order valence-corrected chi connectivity index (χ1v) is 5.99. The van der Waals surface area contributed by atoms with Crippen LogP contribution in [0, 0.1) is 10.1 Å². The van der Waals surface area contributed by atoms with Crippen LogP contribution in [-0.4, -0.2) is 33.1 Å². The number of non-ortho nitro benzene ring substituents is 1. The number of nitrogens with two attached hydrogens (primary N) is 1. The number of rotatable bonds is 2. The van der Waals surface area contributed by atoms with Gasteiger partial charge in [0.15, 0.2) is 5.01 Å².